The number of ether oxygens (including phenoxy) is 1. The monoisotopic (exact) mass is 296 g/mol. The molecule has 0 spiro atoms. The molecular formula is C16H21ClO3. The van der Waals surface area contributed by atoms with Gasteiger partial charge in [-0.1, -0.05) is 18.0 Å². The van der Waals surface area contributed by atoms with Gasteiger partial charge in [-0.25, -0.2) is 0 Å². The second-order valence-corrected chi connectivity index (χ2v) is 5.72. The number of carbonyl (C=O) groups is 1. The number of aryl methyl sites for hydroxylation is 1. The lowest BCUT2D eigenvalue weighted by Crippen LogP contribution is -2.04. The fourth-order valence-electron chi connectivity index (χ4n) is 3.01. The van der Waals surface area contributed by atoms with Crippen molar-refractivity contribution >= 4 is 17.6 Å². The summed E-state index contributed by atoms with van der Waals surface area (Å²) < 4.78 is 5.46. The van der Waals surface area contributed by atoms with Crippen LogP contribution in [0, 0.1) is 0 Å². The number of carboxylic acids is 1. The Balaban J connectivity index is 2.34. The summed E-state index contributed by atoms with van der Waals surface area (Å²) in [6, 6.07) is 2.03. The van der Waals surface area contributed by atoms with E-state index in [1.54, 1.807) is 7.11 Å². The van der Waals surface area contributed by atoms with Crippen molar-refractivity contribution in [3.05, 3.63) is 27.8 Å². The normalized spacial score (nSPS) is 14.5. The smallest absolute Gasteiger partial charge is 0.303 e. The van der Waals surface area contributed by atoms with E-state index in [2.05, 4.69) is 0 Å². The van der Waals surface area contributed by atoms with Crippen molar-refractivity contribution in [2.24, 2.45) is 0 Å². The largest absolute Gasteiger partial charge is 0.495 e. The Morgan fingerprint density at radius 2 is 2.10 bits per heavy atom. The standard InChI is InChI=1S/C16H21ClO3/c1-20-16-13(8-5-9-15(18)19)12-7-4-2-3-6-11(12)10-14(16)17/h10H,2-9H2,1H3,(H,18,19). The van der Waals surface area contributed by atoms with Crippen molar-refractivity contribution in [3.63, 3.8) is 0 Å². The number of aliphatic carboxylic acids is 1. The summed E-state index contributed by atoms with van der Waals surface area (Å²) in [4.78, 5) is 10.7. The van der Waals surface area contributed by atoms with Gasteiger partial charge in [0.25, 0.3) is 0 Å². The summed E-state index contributed by atoms with van der Waals surface area (Å²) in [6.07, 6.45) is 7.26. The lowest BCUT2D eigenvalue weighted by molar-refractivity contribution is -0.137. The molecule has 20 heavy (non-hydrogen) atoms. The quantitative estimate of drug-likeness (QED) is 0.835. The van der Waals surface area contributed by atoms with Crippen molar-refractivity contribution in [3.8, 4) is 5.75 Å². The van der Waals surface area contributed by atoms with E-state index in [0.717, 1.165) is 30.6 Å². The lowest BCUT2D eigenvalue weighted by Gasteiger charge is -2.18. The van der Waals surface area contributed by atoms with Gasteiger partial charge in [0.05, 0.1) is 12.1 Å². The van der Waals surface area contributed by atoms with Crippen LogP contribution in [-0.2, 0) is 24.1 Å². The van der Waals surface area contributed by atoms with Gasteiger partial charge in [-0.05, 0) is 61.3 Å². The van der Waals surface area contributed by atoms with Crippen molar-refractivity contribution in [2.75, 3.05) is 7.11 Å². The molecule has 0 saturated heterocycles. The minimum Gasteiger partial charge on any atom is -0.495 e. The predicted molar refractivity (Wildman–Crippen MR) is 79.8 cm³/mol. The highest BCUT2D eigenvalue weighted by Crippen LogP contribution is 2.37. The van der Waals surface area contributed by atoms with Crippen LogP contribution in [0.2, 0.25) is 5.02 Å². The van der Waals surface area contributed by atoms with E-state index in [4.69, 9.17) is 21.4 Å². The van der Waals surface area contributed by atoms with Crippen LogP contribution in [0.3, 0.4) is 0 Å². The Morgan fingerprint density at radius 3 is 2.80 bits per heavy atom. The molecule has 0 saturated carbocycles. The van der Waals surface area contributed by atoms with Crippen molar-refractivity contribution in [2.45, 2.75) is 51.4 Å². The summed E-state index contributed by atoms with van der Waals surface area (Å²) in [5.41, 5.74) is 3.78. The average Bonchev–Trinajstić information content (AvgIpc) is 2.63. The molecule has 1 aromatic rings. The third-order valence-electron chi connectivity index (χ3n) is 3.94. The summed E-state index contributed by atoms with van der Waals surface area (Å²) >= 11 is 6.32. The average molecular weight is 297 g/mol. The molecule has 0 bridgehead atoms. The van der Waals surface area contributed by atoms with Gasteiger partial charge in [0, 0.05) is 6.42 Å². The van der Waals surface area contributed by atoms with E-state index in [0.29, 0.717) is 11.4 Å². The van der Waals surface area contributed by atoms with Gasteiger partial charge in [0.15, 0.2) is 0 Å². The maximum atomic E-state index is 10.7. The zero-order valence-corrected chi connectivity index (χ0v) is 12.6. The van der Waals surface area contributed by atoms with Crippen LogP contribution in [0.25, 0.3) is 0 Å². The minimum absolute atomic E-state index is 0.185. The molecule has 0 aliphatic heterocycles. The summed E-state index contributed by atoms with van der Waals surface area (Å²) in [6.45, 7) is 0. The lowest BCUT2D eigenvalue weighted by atomic mass is 9.93. The second kappa shape index (κ2) is 6.98. The Labute approximate surface area is 124 Å². The number of hydrogen-bond acceptors (Lipinski definition) is 2. The third kappa shape index (κ3) is 3.45. The number of methoxy groups -OCH3 is 1. The molecule has 1 aliphatic carbocycles. The molecule has 0 aromatic heterocycles. The molecule has 110 valence electrons. The van der Waals surface area contributed by atoms with Gasteiger partial charge in [-0.2, -0.15) is 0 Å². The number of fused-ring (bicyclic) bond motifs is 1. The first-order chi connectivity index (χ1) is 9.63. The molecule has 3 nitrogen and oxygen atoms in total. The van der Waals surface area contributed by atoms with E-state index < -0.39 is 5.97 Å². The number of carboxylic acid groups (broad SMARTS) is 1. The summed E-state index contributed by atoms with van der Waals surface area (Å²) in [5.74, 6) is -0.0187. The number of hydrogen-bond donors (Lipinski definition) is 1. The van der Waals surface area contributed by atoms with E-state index in [9.17, 15) is 4.79 Å². The fourth-order valence-corrected chi connectivity index (χ4v) is 3.33. The van der Waals surface area contributed by atoms with Crippen LogP contribution >= 0.6 is 11.6 Å². The molecule has 1 aromatic carbocycles. The van der Waals surface area contributed by atoms with Crippen molar-refractivity contribution in [1.29, 1.82) is 0 Å². The van der Waals surface area contributed by atoms with Gasteiger partial charge in [-0.15, -0.1) is 0 Å². The molecule has 0 unspecified atom stereocenters. The van der Waals surface area contributed by atoms with Crippen LogP contribution in [0.4, 0.5) is 0 Å². The van der Waals surface area contributed by atoms with Crippen LogP contribution in [-0.4, -0.2) is 18.2 Å². The summed E-state index contributed by atoms with van der Waals surface area (Å²) in [7, 11) is 1.63. The number of halogens is 1. The molecule has 0 heterocycles. The molecular weight excluding hydrogens is 276 g/mol. The van der Waals surface area contributed by atoms with E-state index >= 15 is 0 Å². The van der Waals surface area contributed by atoms with Crippen LogP contribution in [0.5, 0.6) is 5.75 Å². The van der Waals surface area contributed by atoms with E-state index in [1.165, 1.54) is 30.4 Å². The molecule has 2 rings (SSSR count). The molecule has 1 N–H and O–H groups in total. The van der Waals surface area contributed by atoms with Gasteiger partial charge in [0.1, 0.15) is 5.75 Å². The first-order valence-corrected chi connectivity index (χ1v) is 7.60. The number of benzene rings is 1. The Hall–Kier alpha value is -1.22. The minimum atomic E-state index is -0.753. The van der Waals surface area contributed by atoms with Crippen molar-refractivity contribution in [1.82, 2.24) is 0 Å². The van der Waals surface area contributed by atoms with E-state index in [1.807, 2.05) is 6.07 Å². The van der Waals surface area contributed by atoms with Gasteiger partial charge >= 0.3 is 5.97 Å². The molecule has 1 aliphatic rings. The first kappa shape index (κ1) is 15.2. The SMILES string of the molecule is COc1c(Cl)cc2c(c1CCCC(=O)O)CCCCC2. The maximum Gasteiger partial charge on any atom is 0.303 e. The van der Waals surface area contributed by atoms with Gasteiger partial charge in [-0.3, -0.25) is 4.79 Å². The molecule has 0 atom stereocenters. The molecule has 4 heteroatoms. The second-order valence-electron chi connectivity index (χ2n) is 5.32. The Morgan fingerprint density at radius 1 is 1.35 bits per heavy atom. The van der Waals surface area contributed by atoms with Gasteiger partial charge in [0.2, 0.25) is 0 Å². The van der Waals surface area contributed by atoms with Crippen molar-refractivity contribution < 1.29 is 14.6 Å². The van der Waals surface area contributed by atoms with Crippen LogP contribution < -0.4 is 4.74 Å². The van der Waals surface area contributed by atoms with E-state index in [-0.39, 0.29) is 6.42 Å². The first-order valence-electron chi connectivity index (χ1n) is 7.22. The highest BCUT2D eigenvalue weighted by atomic mass is 35.5. The highest BCUT2D eigenvalue weighted by molar-refractivity contribution is 6.32. The zero-order valence-electron chi connectivity index (χ0n) is 11.9. The topological polar surface area (TPSA) is 46.5 Å². The van der Waals surface area contributed by atoms with Crippen LogP contribution in [0.1, 0.15) is 48.8 Å². The Bertz CT molecular complexity index is 497. The highest BCUT2D eigenvalue weighted by Gasteiger charge is 2.19. The zero-order chi connectivity index (χ0) is 14.5. The predicted octanol–water partition coefficient (Wildman–Crippen LogP) is 4.02. The fraction of sp³-hybridized carbons (Fsp3) is 0.562. The van der Waals surface area contributed by atoms with Crippen LogP contribution in [0.15, 0.2) is 6.07 Å². The summed E-state index contributed by atoms with van der Waals surface area (Å²) in [5, 5.41) is 9.45. The molecule has 0 amide bonds. The maximum absolute atomic E-state index is 10.7. The molecule has 0 radical (unpaired) electrons. The third-order valence-corrected chi connectivity index (χ3v) is 4.22. The molecule has 0 fully saturated rings. The van der Waals surface area contributed by atoms with Gasteiger partial charge < -0.3 is 9.84 Å². The Kier molecular flexibility index (Phi) is 5.30. The number of rotatable bonds is 5.